The van der Waals surface area contributed by atoms with Crippen LogP contribution in [0.4, 0.5) is 10.1 Å². The number of hydrogen-bond donors (Lipinski definition) is 3. The topological polar surface area (TPSA) is 112 Å². The molecule has 1 aromatic heterocycles. The monoisotopic (exact) mass is 491 g/mol. The Morgan fingerprint density at radius 2 is 2.03 bits per heavy atom. The average Bonchev–Trinajstić information content (AvgIpc) is 3.18. The first kappa shape index (κ1) is 25.0. The molecule has 0 spiro atoms. The van der Waals surface area contributed by atoms with Gasteiger partial charge in [0.05, 0.1) is 24.0 Å². The van der Waals surface area contributed by atoms with Gasteiger partial charge in [-0.05, 0) is 48.9 Å². The number of rotatable bonds is 6. The van der Waals surface area contributed by atoms with Crippen molar-refractivity contribution < 1.29 is 18.8 Å². The standard InChI is InChI=1S/C27H30FN5O3/c1-4-6-23(35)30-18-7-5-10-33(15-18)27-20(28)13-17(14-22(29)34)26-25(27)19-9-8-16(11-21(19)31-26)12-24(36)32(2)3/h8-9,11,13,18,31H,5,7,10,12,14-15H2,1-3H3,(H2,29,34)(H,30,35)/t18-/m0/s1. The Hall–Kier alpha value is -4.06. The molecule has 3 aromatic rings. The molecule has 0 radical (unpaired) electrons. The number of amides is 3. The van der Waals surface area contributed by atoms with Crippen LogP contribution >= 0.6 is 0 Å². The van der Waals surface area contributed by atoms with Crippen molar-refractivity contribution in [3.63, 3.8) is 0 Å². The van der Waals surface area contributed by atoms with Crippen LogP contribution in [0.5, 0.6) is 0 Å². The molecule has 0 aliphatic carbocycles. The molecule has 1 aliphatic rings. The Balaban J connectivity index is 1.82. The van der Waals surface area contributed by atoms with E-state index in [0.717, 1.165) is 29.3 Å². The number of benzene rings is 2. The molecule has 1 atom stereocenters. The van der Waals surface area contributed by atoms with Gasteiger partial charge < -0.3 is 25.8 Å². The molecule has 9 heteroatoms. The maximum Gasteiger partial charge on any atom is 0.296 e. The van der Waals surface area contributed by atoms with Crippen molar-refractivity contribution in [3.8, 4) is 11.8 Å². The number of likely N-dealkylation sites (N-methyl/N-ethyl adjacent to an activating group) is 1. The highest BCUT2D eigenvalue weighted by atomic mass is 19.1. The SMILES string of the molecule is CC#CC(=O)N[C@H]1CCCN(c2c(F)cc(CC(N)=O)c3[nH]c4cc(CC(=O)N(C)C)ccc4c23)C1. The first-order valence-electron chi connectivity index (χ1n) is 11.9. The second kappa shape index (κ2) is 10.3. The summed E-state index contributed by atoms with van der Waals surface area (Å²) < 4.78 is 15.7. The molecule has 0 unspecified atom stereocenters. The zero-order chi connectivity index (χ0) is 26.0. The number of piperidine rings is 1. The average molecular weight is 492 g/mol. The lowest BCUT2D eigenvalue weighted by Crippen LogP contribution is -2.47. The van der Waals surface area contributed by atoms with Crippen molar-refractivity contribution in [2.24, 2.45) is 5.73 Å². The highest BCUT2D eigenvalue weighted by Gasteiger charge is 2.27. The second-order valence-corrected chi connectivity index (χ2v) is 9.36. The van der Waals surface area contributed by atoms with Crippen molar-refractivity contribution in [1.29, 1.82) is 0 Å². The smallest absolute Gasteiger partial charge is 0.296 e. The molecule has 188 valence electrons. The highest BCUT2D eigenvalue weighted by Crippen LogP contribution is 2.39. The van der Waals surface area contributed by atoms with Crippen molar-refractivity contribution in [2.45, 2.75) is 38.6 Å². The summed E-state index contributed by atoms with van der Waals surface area (Å²) in [6.45, 7) is 2.65. The van der Waals surface area contributed by atoms with E-state index < -0.39 is 11.7 Å². The number of nitrogens with zero attached hydrogens (tertiary/aromatic N) is 2. The minimum Gasteiger partial charge on any atom is -0.369 e. The lowest BCUT2D eigenvalue weighted by Gasteiger charge is -2.35. The van der Waals surface area contributed by atoms with E-state index in [4.69, 9.17) is 5.73 Å². The molecule has 4 rings (SSSR count). The van der Waals surface area contributed by atoms with Gasteiger partial charge in [0.2, 0.25) is 11.8 Å². The quantitative estimate of drug-likeness (QED) is 0.459. The lowest BCUT2D eigenvalue weighted by atomic mass is 9.99. The Bertz CT molecular complexity index is 1420. The Labute approximate surface area is 209 Å². The molecule has 2 heterocycles. The van der Waals surface area contributed by atoms with Crippen LogP contribution in [-0.2, 0) is 27.2 Å². The van der Waals surface area contributed by atoms with Gasteiger partial charge in [0.25, 0.3) is 5.91 Å². The molecule has 4 N–H and O–H groups in total. The van der Waals surface area contributed by atoms with Crippen LogP contribution < -0.4 is 16.0 Å². The molecule has 36 heavy (non-hydrogen) atoms. The molecule has 1 saturated heterocycles. The predicted octanol–water partition coefficient (Wildman–Crippen LogP) is 2.23. The number of aromatic nitrogens is 1. The maximum atomic E-state index is 15.7. The van der Waals surface area contributed by atoms with Crippen molar-refractivity contribution in [2.75, 3.05) is 32.1 Å². The van der Waals surface area contributed by atoms with Gasteiger partial charge >= 0.3 is 0 Å². The summed E-state index contributed by atoms with van der Waals surface area (Å²) in [4.78, 5) is 42.8. The van der Waals surface area contributed by atoms with E-state index in [1.807, 2.05) is 23.1 Å². The Morgan fingerprint density at radius 1 is 1.25 bits per heavy atom. The summed E-state index contributed by atoms with van der Waals surface area (Å²) in [6.07, 6.45) is 1.67. The van der Waals surface area contributed by atoms with Crippen molar-refractivity contribution in [1.82, 2.24) is 15.2 Å². The van der Waals surface area contributed by atoms with Gasteiger partial charge in [0.15, 0.2) is 0 Å². The molecule has 0 saturated carbocycles. The Morgan fingerprint density at radius 3 is 2.72 bits per heavy atom. The largest absolute Gasteiger partial charge is 0.369 e. The number of carbonyl (C=O) groups excluding carboxylic acids is 3. The number of primary amides is 1. The number of halogens is 1. The van der Waals surface area contributed by atoms with E-state index in [0.29, 0.717) is 35.2 Å². The van der Waals surface area contributed by atoms with Crippen LogP contribution in [0.3, 0.4) is 0 Å². The van der Waals surface area contributed by atoms with Crippen LogP contribution in [0.2, 0.25) is 0 Å². The summed E-state index contributed by atoms with van der Waals surface area (Å²) in [5.41, 5.74) is 8.55. The summed E-state index contributed by atoms with van der Waals surface area (Å²) in [5, 5.41) is 4.35. The van der Waals surface area contributed by atoms with Gasteiger partial charge in [0.1, 0.15) is 5.82 Å². The van der Waals surface area contributed by atoms with Crippen LogP contribution in [0, 0.1) is 17.7 Å². The van der Waals surface area contributed by atoms with Gasteiger partial charge in [-0.25, -0.2) is 4.39 Å². The number of H-pyrrole nitrogens is 1. The summed E-state index contributed by atoms with van der Waals surface area (Å²) in [7, 11) is 3.41. The van der Waals surface area contributed by atoms with E-state index in [-0.39, 0.29) is 30.7 Å². The third-order valence-electron chi connectivity index (χ3n) is 6.48. The normalized spacial score (nSPS) is 15.4. The van der Waals surface area contributed by atoms with Gasteiger partial charge in [-0.2, -0.15) is 0 Å². The number of anilines is 1. The van der Waals surface area contributed by atoms with Gasteiger partial charge in [-0.15, -0.1) is 0 Å². The fourth-order valence-electron chi connectivity index (χ4n) is 4.86. The third kappa shape index (κ3) is 5.13. The number of nitrogens with two attached hydrogens (primary N) is 1. The van der Waals surface area contributed by atoms with Gasteiger partial charge in [-0.3, -0.25) is 14.4 Å². The van der Waals surface area contributed by atoms with Gasteiger partial charge in [0, 0.05) is 49.5 Å². The summed E-state index contributed by atoms with van der Waals surface area (Å²) in [5.74, 6) is 3.70. The minimum absolute atomic E-state index is 0.0271. The number of nitrogens with one attached hydrogen (secondary N) is 2. The molecule has 2 aromatic carbocycles. The highest BCUT2D eigenvalue weighted by molar-refractivity contribution is 6.15. The fraction of sp³-hybridized carbons (Fsp3) is 0.370. The molecular formula is C27H30FN5O3. The van der Waals surface area contributed by atoms with E-state index in [1.54, 1.807) is 21.0 Å². The maximum absolute atomic E-state index is 15.7. The van der Waals surface area contributed by atoms with E-state index in [2.05, 4.69) is 22.1 Å². The van der Waals surface area contributed by atoms with Crippen LogP contribution in [0.15, 0.2) is 24.3 Å². The lowest BCUT2D eigenvalue weighted by molar-refractivity contribution is -0.128. The number of fused-ring (bicyclic) bond motifs is 3. The van der Waals surface area contributed by atoms with E-state index >= 15 is 4.39 Å². The number of aromatic amines is 1. The second-order valence-electron chi connectivity index (χ2n) is 9.36. The first-order valence-corrected chi connectivity index (χ1v) is 11.9. The number of carbonyl (C=O) groups is 3. The van der Waals surface area contributed by atoms with E-state index in [9.17, 15) is 14.4 Å². The van der Waals surface area contributed by atoms with Crippen LogP contribution in [0.1, 0.15) is 30.9 Å². The zero-order valence-corrected chi connectivity index (χ0v) is 20.7. The van der Waals surface area contributed by atoms with E-state index in [1.165, 1.54) is 11.0 Å². The summed E-state index contributed by atoms with van der Waals surface area (Å²) in [6, 6.07) is 6.82. The molecule has 3 amide bonds. The molecule has 1 aliphatic heterocycles. The van der Waals surface area contributed by atoms with Crippen molar-refractivity contribution >= 4 is 45.2 Å². The Kier molecular flexibility index (Phi) is 7.15. The molecular weight excluding hydrogens is 461 g/mol. The molecule has 0 bridgehead atoms. The van der Waals surface area contributed by atoms with Crippen LogP contribution in [-0.4, -0.2) is 60.8 Å². The fourth-order valence-corrected chi connectivity index (χ4v) is 4.86. The minimum atomic E-state index is -0.558. The molecule has 8 nitrogen and oxygen atoms in total. The third-order valence-corrected chi connectivity index (χ3v) is 6.48. The predicted molar refractivity (Wildman–Crippen MR) is 138 cm³/mol. The van der Waals surface area contributed by atoms with Crippen molar-refractivity contribution in [3.05, 3.63) is 41.2 Å². The number of hydrogen-bond acceptors (Lipinski definition) is 4. The van der Waals surface area contributed by atoms with Gasteiger partial charge in [-0.1, -0.05) is 18.1 Å². The molecule has 1 fully saturated rings. The van der Waals surface area contributed by atoms with Crippen LogP contribution in [0.25, 0.3) is 21.8 Å². The zero-order valence-electron chi connectivity index (χ0n) is 20.7. The first-order chi connectivity index (χ1) is 17.2. The summed E-state index contributed by atoms with van der Waals surface area (Å²) >= 11 is 0.